The summed E-state index contributed by atoms with van der Waals surface area (Å²) in [5, 5.41) is 0. The zero-order chi connectivity index (χ0) is 12.3. The highest BCUT2D eigenvalue weighted by atomic mass is 15.2. The van der Waals surface area contributed by atoms with Crippen LogP contribution in [0.3, 0.4) is 0 Å². The highest BCUT2D eigenvalue weighted by molar-refractivity contribution is 5.83. The SMILES string of the molecule is C/C(=N\c1c(C)cccc1C)N1CCCCC1. The topological polar surface area (TPSA) is 15.6 Å². The molecule has 17 heavy (non-hydrogen) atoms. The Labute approximate surface area is 104 Å². The molecule has 0 bridgehead atoms. The zero-order valence-electron chi connectivity index (χ0n) is 11.2. The van der Waals surface area contributed by atoms with Gasteiger partial charge in [0.1, 0.15) is 5.84 Å². The molecule has 2 nitrogen and oxygen atoms in total. The van der Waals surface area contributed by atoms with Gasteiger partial charge < -0.3 is 4.90 Å². The fourth-order valence-corrected chi connectivity index (χ4v) is 2.43. The molecule has 0 N–H and O–H groups in total. The van der Waals surface area contributed by atoms with Crippen molar-refractivity contribution in [2.75, 3.05) is 13.1 Å². The van der Waals surface area contributed by atoms with Crippen molar-refractivity contribution in [2.24, 2.45) is 4.99 Å². The lowest BCUT2D eigenvalue weighted by Gasteiger charge is -2.28. The largest absolute Gasteiger partial charge is 0.360 e. The Bertz CT molecular complexity index is 395. The van der Waals surface area contributed by atoms with Crippen LogP contribution in [0.1, 0.15) is 37.3 Å². The molecule has 0 spiro atoms. The maximum atomic E-state index is 4.82. The van der Waals surface area contributed by atoms with Gasteiger partial charge >= 0.3 is 0 Å². The van der Waals surface area contributed by atoms with Crippen molar-refractivity contribution in [2.45, 2.75) is 40.0 Å². The van der Waals surface area contributed by atoms with Crippen molar-refractivity contribution in [1.29, 1.82) is 0 Å². The first-order valence-corrected chi connectivity index (χ1v) is 6.55. The van der Waals surface area contributed by atoms with Crippen LogP contribution in [0, 0.1) is 13.8 Å². The number of aliphatic imine (C=N–C) groups is 1. The number of amidine groups is 1. The molecule has 0 amide bonds. The van der Waals surface area contributed by atoms with Crippen molar-refractivity contribution < 1.29 is 0 Å². The Morgan fingerprint density at radius 3 is 2.24 bits per heavy atom. The number of benzene rings is 1. The Morgan fingerprint density at radius 2 is 1.65 bits per heavy atom. The molecule has 0 radical (unpaired) electrons. The molecular weight excluding hydrogens is 208 g/mol. The first kappa shape index (κ1) is 12.2. The Morgan fingerprint density at radius 1 is 1.06 bits per heavy atom. The summed E-state index contributed by atoms with van der Waals surface area (Å²) in [6.07, 6.45) is 3.98. The summed E-state index contributed by atoms with van der Waals surface area (Å²) in [4.78, 5) is 7.24. The van der Waals surface area contributed by atoms with E-state index >= 15 is 0 Å². The second kappa shape index (κ2) is 5.35. The highest BCUT2D eigenvalue weighted by Crippen LogP contribution is 2.24. The second-order valence-electron chi connectivity index (χ2n) is 4.95. The normalized spacial score (nSPS) is 17.4. The van der Waals surface area contributed by atoms with Gasteiger partial charge in [-0.05, 0) is 51.2 Å². The number of piperidine rings is 1. The minimum atomic E-state index is 1.15. The molecule has 0 atom stereocenters. The van der Waals surface area contributed by atoms with Gasteiger partial charge in [0.2, 0.25) is 0 Å². The van der Waals surface area contributed by atoms with E-state index in [1.807, 2.05) is 0 Å². The quantitative estimate of drug-likeness (QED) is 0.528. The van der Waals surface area contributed by atoms with E-state index in [4.69, 9.17) is 4.99 Å². The van der Waals surface area contributed by atoms with E-state index in [0.717, 1.165) is 5.69 Å². The first-order chi connectivity index (χ1) is 8.18. The van der Waals surface area contributed by atoms with Crippen molar-refractivity contribution in [1.82, 2.24) is 4.90 Å². The van der Waals surface area contributed by atoms with Gasteiger partial charge in [-0.3, -0.25) is 0 Å². The molecule has 1 aromatic carbocycles. The van der Waals surface area contributed by atoms with Crippen LogP contribution in [0.2, 0.25) is 0 Å². The summed E-state index contributed by atoms with van der Waals surface area (Å²) < 4.78 is 0. The summed E-state index contributed by atoms with van der Waals surface area (Å²) in [6.45, 7) is 8.74. The molecule has 1 aliphatic rings. The van der Waals surface area contributed by atoms with Gasteiger partial charge in [0, 0.05) is 13.1 Å². The number of rotatable bonds is 1. The molecule has 1 fully saturated rings. The third-order valence-electron chi connectivity index (χ3n) is 3.53. The molecule has 92 valence electrons. The summed E-state index contributed by atoms with van der Waals surface area (Å²) in [6, 6.07) is 6.37. The minimum absolute atomic E-state index is 1.15. The van der Waals surface area contributed by atoms with Gasteiger partial charge in [-0.1, -0.05) is 18.2 Å². The zero-order valence-corrected chi connectivity index (χ0v) is 11.2. The van der Waals surface area contributed by atoms with Crippen LogP contribution in [0.25, 0.3) is 0 Å². The Kier molecular flexibility index (Phi) is 3.82. The van der Waals surface area contributed by atoms with Gasteiger partial charge in [-0.15, -0.1) is 0 Å². The van der Waals surface area contributed by atoms with Gasteiger partial charge in [0.05, 0.1) is 5.69 Å². The first-order valence-electron chi connectivity index (χ1n) is 6.55. The van der Waals surface area contributed by atoms with E-state index in [1.165, 1.54) is 49.3 Å². The molecule has 2 heteroatoms. The predicted octanol–water partition coefficient (Wildman–Crippen LogP) is 3.84. The predicted molar refractivity (Wildman–Crippen MR) is 74.1 cm³/mol. The van der Waals surface area contributed by atoms with E-state index < -0.39 is 0 Å². The lowest BCUT2D eigenvalue weighted by Crippen LogP contribution is -2.33. The molecule has 0 unspecified atom stereocenters. The molecule has 0 aromatic heterocycles. The number of nitrogens with zero attached hydrogens (tertiary/aromatic N) is 2. The van der Waals surface area contributed by atoms with Gasteiger partial charge in [-0.2, -0.15) is 0 Å². The average molecular weight is 230 g/mol. The van der Waals surface area contributed by atoms with Gasteiger partial charge in [0.25, 0.3) is 0 Å². The fourth-order valence-electron chi connectivity index (χ4n) is 2.43. The summed E-state index contributed by atoms with van der Waals surface area (Å²) in [7, 11) is 0. The maximum absolute atomic E-state index is 4.82. The lowest BCUT2D eigenvalue weighted by molar-refractivity contribution is 0.340. The van der Waals surface area contributed by atoms with Crippen molar-refractivity contribution >= 4 is 11.5 Å². The molecule has 0 saturated carbocycles. The van der Waals surface area contributed by atoms with Crippen LogP contribution in [0.15, 0.2) is 23.2 Å². The molecule has 0 aliphatic carbocycles. The van der Waals surface area contributed by atoms with Crippen LogP contribution >= 0.6 is 0 Å². The number of hydrogen-bond acceptors (Lipinski definition) is 1. The monoisotopic (exact) mass is 230 g/mol. The Balaban J connectivity index is 2.22. The number of likely N-dealkylation sites (tertiary alicyclic amines) is 1. The van der Waals surface area contributed by atoms with Crippen LogP contribution in [-0.2, 0) is 0 Å². The van der Waals surface area contributed by atoms with E-state index in [9.17, 15) is 0 Å². The van der Waals surface area contributed by atoms with Crippen LogP contribution in [0.5, 0.6) is 0 Å². The number of aryl methyl sites for hydroxylation is 2. The Hall–Kier alpha value is -1.31. The number of para-hydroxylation sites is 1. The van der Waals surface area contributed by atoms with E-state index in [1.54, 1.807) is 0 Å². The molecule has 1 heterocycles. The molecular formula is C15H22N2. The second-order valence-corrected chi connectivity index (χ2v) is 4.95. The fraction of sp³-hybridized carbons (Fsp3) is 0.533. The molecule has 1 saturated heterocycles. The van der Waals surface area contributed by atoms with Gasteiger partial charge in [0.15, 0.2) is 0 Å². The van der Waals surface area contributed by atoms with Crippen LogP contribution < -0.4 is 0 Å². The van der Waals surface area contributed by atoms with Crippen LogP contribution in [-0.4, -0.2) is 23.8 Å². The molecule has 2 rings (SSSR count). The summed E-state index contributed by atoms with van der Waals surface area (Å²) >= 11 is 0. The van der Waals surface area contributed by atoms with Crippen molar-refractivity contribution in [3.63, 3.8) is 0 Å². The smallest absolute Gasteiger partial charge is 0.102 e. The van der Waals surface area contributed by atoms with Crippen molar-refractivity contribution in [3.8, 4) is 0 Å². The third-order valence-corrected chi connectivity index (χ3v) is 3.53. The minimum Gasteiger partial charge on any atom is -0.360 e. The lowest BCUT2D eigenvalue weighted by atomic mass is 10.1. The van der Waals surface area contributed by atoms with Crippen LogP contribution in [0.4, 0.5) is 5.69 Å². The average Bonchev–Trinajstić information content (AvgIpc) is 2.35. The summed E-state index contributed by atoms with van der Waals surface area (Å²) in [5.74, 6) is 1.17. The standard InChI is InChI=1S/C15H22N2/c1-12-8-7-9-13(2)15(12)16-14(3)17-10-5-4-6-11-17/h7-9H,4-6,10-11H2,1-3H3/b16-14+. The van der Waals surface area contributed by atoms with Gasteiger partial charge in [-0.25, -0.2) is 4.99 Å². The van der Waals surface area contributed by atoms with E-state index in [0.29, 0.717) is 0 Å². The summed E-state index contributed by atoms with van der Waals surface area (Å²) in [5.41, 5.74) is 3.68. The van der Waals surface area contributed by atoms with Crippen molar-refractivity contribution in [3.05, 3.63) is 29.3 Å². The highest BCUT2D eigenvalue weighted by Gasteiger charge is 2.11. The van der Waals surface area contributed by atoms with E-state index in [2.05, 4.69) is 43.9 Å². The third kappa shape index (κ3) is 2.87. The van der Waals surface area contributed by atoms with E-state index in [-0.39, 0.29) is 0 Å². The molecule has 1 aliphatic heterocycles. The number of hydrogen-bond donors (Lipinski definition) is 0. The maximum Gasteiger partial charge on any atom is 0.102 e. The molecule has 1 aromatic rings.